The maximum absolute atomic E-state index is 12.3. The lowest BCUT2D eigenvalue weighted by Crippen LogP contribution is -2.16. The monoisotopic (exact) mass is 417 g/mol. The molecular formula is C13H11N3O9S2. The van der Waals surface area contributed by atoms with Gasteiger partial charge in [-0.2, -0.15) is 16.8 Å². The fourth-order valence-corrected chi connectivity index (χ4v) is 3.35. The number of benzene rings is 2. The summed E-state index contributed by atoms with van der Waals surface area (Å²) in [5.41, 5.74) is 3.28. The summed E-state index contributed by atoms with van der Waals surface area (Å²) in [5, 5.41) is 12.8. The van der Waals surface area contributed by atoms with E-state index in [4.69, 9.17) is 10.3 Å². The van der Waals surface area contributed by atoms with Crippen molar-refractivity contribution in [2.24, 2.45) is 0 Å². The van der Waals surface area contributed by atoms with Crippen molar-refractivity contribution in [3.8, 4) is 0 Å². The molecule has 0 fully saturated rings. The molecule has 0 aromatic heterocycles. The Labute approximate surface area is 152 Å². The maximum Gasteiger partial charge on any atom is 0.296 e. The molecule has 0 bridgehead atoms. The van der Waals surface area contributed by atoms with E-state index in [1.807, 2.05) is 5.32 Å². The number of non-ortho nitro benzene ring substituents is 1. The molecule has 2 aromatic rings. The number of rotatable bonds is 5. The minimum atomic E-state index is -4.95. The number of hydrogen-bond donors (Lipinski definition) is 4. The van der Waals surface area contributed by atoms with Gasteiger partial charge in [-0.15, -0.1) is 0 Å². The summed E-state index contributed by atoms with van der Waals surface area (Å²) in [6.45, 7) is 0. The van der Waals surface area contributed by atoms with Crippen molar-refractivity contribution in [2.45, 2.75) is 9.79 Å². The van der Waals surface area contributed by atoms with Gasteiger partial charge in [0.05, 0.1) is 16.3 Å². The normalized spacial score (nSPS) is 11.8. The second kappa shape index (κ2) is 6.92. The van der Waals surface area contributed by atoms with Crippen LogP contribution in [0.3, 0.4) is 0 Å². The standard InChI is InChI=1S/C13H11N3O9S2/c14-9-5-12(27(23,24)25)10(6-11(9)26(20,21)22)15-13(17)7-2-1-3-8(4-7)16(18)19/h1-6H,14H2,(H,15,17)(H,20,21,22)(H,23,24,25). The van der Waals surface area contributed by atoms with Gasteiger partial charge in [0.25, 0.3) is 31.8 Å². The first-order valence-corrected chi connectivity index (χ1v) is 9.63. The summed E-state index contributed by atoms with van der Waals surface area (Å²) < 4.78 is 64.0. The molecule has 2 rings (SSSR count). The van der Waals surface area contributed by atoms with E-state index in [1.165, 1.54) is 12.1 Å². The van der Waals surface area contributed by atoms with Crippen molar-refractivity contribution in [3.63, 3.8) is 0 Å². The number of nitrogens with one attached hydrogen (secondary N) is 1. The van der Waals surface area contributed by atoms with Gasteiger partial charge in [-0.3, -0.25) is 24.0 Å². The molecule has 0 spiro atoms. The Morgan fingerprint density at radius 2 is 1.63 bits per heavy atom. The molecule has 0 radical (unpaired) electrons. The molecule has 144 valence electrons. The molecule has 27 heavy (non-hydrogen) atoms. The van der Waals surface area contributed by atoms with Gasteiger partial charge in [-0.25, -0.2) is 0 Å². The third-order valence-corrected chi connectivity index (χ3v) is 5.04. The van der Waals surface area contributed by atoms with Gasteiger partial charge in [0.15, 0.2) is 0 Å². The van der Waals surface area contributed by atoms with Crippen LogP contribution in [0.2, 0.25) is 0 Å². The molecule has 1 amide bonds. The van der Waals surface area contributed by atoms with Gasteiger partial charge >= 0.3 is 0 Å². The van der Waals surface area contributed by atoms with Crippen LogP contribution >= 0.6 is 0 Å². The molecule has 0 heterocycles. The van der Waals surface area contributed by atoms with Crippen LogP contribution in [0.4, 0.5) is 17.1 Å². The second-order valence-electron chi connectivity index (χ2n) is 5.10. The van der Waals surface area contributed by atoms with E-state index < -0.39 is 57.9 Å². The van der Waals surface area contributed by atoms with Gasteiger partial charge in [0.1, 0.15) is 9.79 Å². The summed E-state index contributed by atoms with van der Waals surface area (Å²) in [4.78, 5) is 20.4. The number of carbonyl (C=O) groups is 1. The minimum absolute atomic E-state index is 0.254. The maximum atomic E-state index is 12.3. The summed E-state index contributed by atoms with van der Waals surface area (Å²) in [7, 11) is -9.83. The highest BCUT2D eigenvalue weighted by molar-refractivity contribution is 7.86. The van der Waals surface area contributed by atoms with Crippen LogP contribution in [-0.4, -0.2) is 36.8 Å². The van der Waals surface area contributed by atoms with E-state index in [2.05, 4.69) is 0 Å². The third-order valence-electron chi connectivity index (χ3n) is 3.24. The van der Waals surface area contributed by atoms with Gasteiger partial charge in [0, 0.05) is 17.7 Å². The van der Waals surface area contributed by atoms with Crippen molar-refractivity contribution in [3.05, 3.63) is 52.1 Å². The number of nitro groups is 1. The van der Waals surface area contributed by atoms with E-state index in [-0.39, 0.29) is 5.56 Å². The molecule has 0 saturated carbocycles. The topological polar surface area (TPSA) is 207 Å². The first-order chi connectivity index (χ1) is 12.3. The molecule has 0 aliphatic heterocycles. The first-order valence-electron chi connectivity index (χ1n) is 6.75. The number of carbonyl (C=O) groups excluding carboxylic acids is 1. The average Bonchev–Trinajstić information content (AvgIpc) is 2.54. The summed E-state index contributed by atoms with van der Waals surface area (Å²) >= 11 is 0. The predicted molar refractivity (Wildman–Crippen MR) is 91.5 cm³/mol. The van der Waals surface area contributed by atoms with Gasteiger partial charge < -0.3 is 11.1 Å². The Morgan fingerprint density at radius 1 is 1.04 bits per heavy atom. The molecule has 5 N–H and O–H groups in total. The molecule has 0 saturated heterocycles. The average molecular weight is 417 g/mol. The van der Waals surface area contributed by atoms with Crippen LogP contribution in [0, 0.1) is 10.1 Å². The Kier molecular flexibility index (Phi) is 5.19. The fourth-order valence-electron chi connectivity index (χ4n) is 2.07. The molecular weight excluding hydrogens is 406 g/mol. The number of anilines is 2. The van der Waals surface area contributed by atoms with E-state index >= 15 is 0 Å². The van der Waals surface area contributed by atoms with E-state index in [0.717, 1.165) is 12.1 Å². The first kappa shape index (κ1) is 20.2. The van der Waals surface area contributed by atoms with Crippen molar-refractivity contribution in [2.75, 3.05) is 11.1 Å². The van der Waals surface area contributed by atoms with Crippen molar-refractivity contribution < 1.29 is 35.7 Å². The summed E-state index contributed by atoms with van der Waals surface area (Å²) in [6, 6.07) is 5.44. The number of nitrogens with zero attached hydrogens (tertiary/aromatic N) is 1. The lowest BCUT2D eigenvalue weighted by molar-refractivity contribution is -0.384. The highest BCUT2D eigenvalue weighted by atomic mass is 32.2. The molecule has 0 unspecified atom stereocenters. The smallest absolute Gasteiger partial charge is 0.296 e. The van der Waals surface area contributed by atoms with Gasteiger partial charge in [-0.05, 0) is 18.2 Å². The third kappa shape index (κ3) is 4.56. The quantitative estimate of drug-likeness (QED) is 0.234. The van der Waals surface area contributed by atoms with E-state index in [0.29, 0.717) is 12.1 Å². The largest absolute Gasteiger partial charge is 0.398 e. The Hall–Kier alpha value is -3.07. The number of nitro benzene ring substituents is 1. The molecule has 0 atom stereocenters. The van der Waals surface area contributed by atoms with E-state index in [9.17, 15) is 36.3 Å². The van der Waals surface area contributed by atoms with Crippen molar-refractivity contribution >= 4 is 43.2 Å². The Balaban J connectivity index is 2.58. The van der Waals surface area contributed by atoms with Gasteiger partial charge in [-0.1, -0.05) is 6.07 Å². The predicted octanol–water partition coefficient (Wildman–Crippen LogP) is 0.923. The van der Waals surface area contributed by atoms with Gasteiger partial charge in [0.2, 0.25) is 0 Å². The van der Waals surface area contributed by atoms with Crippen LogP contribution in [-0.2, 0) is 20.2 Å². The Morgan fingerprint density at radius 3 is 2.15 bits per heavy atom. The highest BCUT2D eigenvalue weighted by Gasteiger charge is 2.24. The SMILES string of the molecule is Nc1cc(S(=O)(=O)O)c(NC(=O)c2cccc([N+](=O)[O-])c2)cc1S(=O)(=O)O. The molecule has 0 aliphatic carbocycles. The fraction of sp³-hybridized carbons (Fsp3) is 0. The number of amides is 1. The lowest BCUT2D eigenvalue weighted by atomic mass is 10.2. The number of hydrogen-bond acceptors (Lipinski definition) is 8. The summed E-state index contributed by atoms with van der Waals surface area (Å²) in [6.07, 6.45) is 0. The molecule has 14 heteroatoms. The Bertz CT molecular complexity index is 1160. The minimum Gasteiger partial charge on any atom is -0.398 e. The number of nitrogens with two attached hydrogens (primary N) is 1. The summed E-state index contributed by atoms with van der Waals surface area (Å²) in [5.74, 6) is -1.05. The molecule has 0 aliphatic rings. The number of nitrogen functional groups attached to an aromatic ring is 1. The zero-order valence-corrected chi connectivity index (χ0v) is 14.7. The second-order valence-corrected chi connectivity index (χ2v) is 7.88. The van der Waals surface area contributed by atoms with Crippen LogP contribution < -0.4 is 11.1 Å². The molecule has 2 aromatic carbocycles. The van der Waals surface area contributed by atoms with Crippen LogP contribution in [0.25, 0.3) is 0 Å². The van der Waals surface area contributed by atoms with Crippen LogP contribution in [0.5, 0.6) is 0 Å². The lowest BCUT2D eigenvalue weighted by Gasteiger charge is -2.12. The van der Waals surface area contributed by atoms with Crippen LogP contribution in [0.15, 0.2) is 46.2 Å². The van der Waals surface area contributed by atoms with E-state index in [1.54, 1.807) is 0 Å². The zero-order valence-electron chi connectivity index (χ0n) is 13.1. The highest BCUT2D eigenvalue weighted by Crippen LogP contribution is 2.30. The van der Waals surface area contributed by atoms with Crippen LogP contribution in [0.1, 0.15) is 10.4 Å². The van der Waals surface area contributed by atoms with Crippen molar-refractivity contribution in [1.82, 2.24) is 0 Å². The van der Waals surface area contributed by atoms with Crippen molar-refractivity contribution in [1.29, 1.82) is 0 Å². The molecule has 12 nitrogen and oxygen atoms in total. The zero-order chi connectivity index (χ0) is 20.6.